The molecule has 0 N–H and O–H groups in total. The van der Waals surface area contributed by atoms with E-state index >= 15 is 0 Å². The third-order valence-electron chi connectivity index (χ3n) is 5.26. The van der Waals surface area contributed by atoms with E-state index in [0.29, 0.717) is 23.0 Å². The molecule has 21 heavy (non-hydrogen) atoms. The van der Waals surface area contributed by atoms with Crippen LogP contribution in [0.2, 0.25) is 16.6 Å². The van der Waals surface area contributed by atoms with Gasteiger partial charge in [-0.3, -0.25) is 4.79 Å². The average Bonchev–Trinajstić information content (AvgIpc) is 2.43. The summed E-state index contributed by atoms with van der Waals surface area (Å²) in [6.45, 7) is 18.3. The Balaban J connectivity index is 3.15. The summed E-state index contributed by atoms with van der Waals surface area (Å²) in [5, 5.41) is 0. The van der Waals surface area contributed by atoms with Crippen LogP contribution in [0.25, 0.3) is 0 Å². The first-order valence-corrected chi connectivity index (χ1v) is 10.5. The molecule has 1 rings (SSSR count). The van der Waals surface area contributed by atoms with Crippen molar-refractivity contribution >= 4 is 14.1 Å². The third-order valence-corrected chi connectivity index (χ3v) is 11.4. The molecule has 1 unspecified atom stereocenters. The highest BCUT2D eigenvalue weighted by atomic mass is 28.4. The summed E-state index contributed by atoms with van der Waals surface area (Å²) < 4.78 is 6.91. The van der Waals surface area contributed by atoms with Gasteiger partial charge in [0.05, 0.1) is 6.10 Å². The summed E-state index contributed by atoms with van der Waals surface area (Å²) in [5.74, 6) is 0.213. The van der Waals surface area contributed by atoms with Gasteiger partial charge in [0.25, 0.3) is 0 Å². The van der Waals surface area contributed by atoms with Crippen LogP contribution < -0.4 is 0 Å². The number of ketones is 1. The first kappa shape index (κ1) is 18.6. The van der Waals surface area contributed by atoms with E-state index in [0.717, 1.165) is 6.42 Å². The van der Waals surface area contributed by atoms with E-state index in [9.17, 15) is 4.79 Å². The highest BCUT2D eigenvalue weighted by Gasteiger charge is 2.49. The molecule has 0 radical (unpaired) electrons. The summed E-state index contributed by atoms with van der Waals surface area (Å²) in [5.41, 5.74) is 1.69. The Morgan fingerprint density at radius 3 is 2.00 bits per heavy atom. The minimum atomic E-state index is -1.94. The second-order valence-electron chi connectivity index (χ2n) is 8.19. The van der Waals surface area contributed by atoms with Crippen LogP contribution >= 0.6 is 0 Å². The molecule has 0 aromatic carbocycles. The second-order valence-corrected chi connectivity index (χ2v) is 13.6. The summed E-state index contributed by atoms with van der Waals surface area (Å²) >= 11 is 0. The molecule has 2 nitrogen and oxygen atoms in total. The van der Waals surface area contributed by atoms with Gasteiger partial charge in [-0.1, -0.05) is 61.5 Å². The summed E-state index contributed by atoms with van der Waals surface area (Å²) in [6.07, 6.45) is 5.26. The number of allylic oxidation sites excluding steroid dienone is 2. The standard InChI is InChI=1S/C18H34O2Si/c1-13(2)21(14(3)4,15(5)6)20-17-12-16(19)10-9-11-18(17,7)8/h9-10,13-15,17H,11-12H2,1-8H3. The smallest absolute Gasteiger partial charge is 0.200 e. The van der Waals surface area contributed by atoms with Crippen molar-refractivity contribution in [2.24, 2.45) is 5.41 Å². The zero-order valence-corrected chi connectivity index (χ0v) is 16.2. The fraction of sp³-hybridized carbons (Fsp3) is 0.833. The van der Waals surface area contributed by atoms with Crippen molar-refractivity contribution in [3.63, 3.8) is 0 Å². The number of carbonyl (C=O) groups is 1. The maximum atomic E-state index is 12.0. The van der Waals surface area contributed by atoms with Crippen molar-refractivity contribution in [3.05, 3.63) is 12.2 Å². The van der Waals surface area contributed by atoms with Gasteiger partial charge in [0.1, 0.15) is 0 Å². The molecule has 3 heteroatoms. The number of carbonyl (C=O) groups excluding carboxylic acids is 1. The van der Waals surface area contributed by atoms with Crippen molar-refractivity contribution in [2.75, 3.05) is 0 Å². The fourth-order valence-corrected chi connectivity index (χ4v) is 9.72. The lowest BCUT2D eigenvalue weighted by Gasteiger charge is -2.47. The van der Waals surface area contributed by atoms with Crippen LogP contribution in [0.5, 0.6) is 0 Å². The first-order valence-electron chi connectivity index (χ1n) is 8.41. The molecular weight excluding hydrogens is 276 g/mol. The Labute approximate surface area is 132 Å². The molecule has 1 aliphatic rings. The van der Waals surface area contributed by atoms with E-state index in [2.05, 4.69) is 55.4 Å². The Hall–Kier alpha value is -0.413. The Morgan fingerprint density at radius 1 is 1.10 bits per heavy atom. The molecular formula is C18H34O2Si. The van der Waals surface area contributed by atoms with Crippen LogP contribution in [-0.4, -0.2) is 20.2 Å². The Kier molecular flexibility index (Phi) is 6.02. The van der Waals surface area contributed by atoms with E-state index in [1.807, 2.05) is 6.08 Å². The minimum absolute atomic E-state index is 0.0274. The number of hydrogen-bond donors (Lipinski definition) is 0. The van der Waals surface area contributed by atoms with Gasteiger partial charge in [0.15, 0.2) is 5.78 Å². The van der Waals surface area contributed by atoms with E-state index < -0.39 is 8.32 Å². The molecule has 0 saturated heterocycles. The molecule has 122 valence electrons. The summed E-state index contributed by atoms with van der Waals surface area (Å²) in [4.78, 5) is 12.0. The molecule has 0 aromatic rings. The fourth-order valence-electron chi connectivity index (χ4n) is 4.01. The highest BCUT2D eigenvalue weighted by Crippen LogP contribution is 2.46. The largest absolute Gasteiger partial charge is 0.412 e. The summed E-state index contributed by atoms with van der Waals surface area (Å²) in [7, 11) is -1.94. The van der Waals surface area contributed by atoms with Gasteiger partial charge in [-0.05, 0) is 34.5 Å². The number of rotatable bonds is 5. The average molecular weight is 311 g/mol. The Morgan fingerprint density at radius 2 is 1.57 bits per heavy atom. The summed E-state index contributed by atoms with van der Waals surface area (Å²) in [6, 6.07) is 0. The van der Waals surface area contributed by atoms with Gasteiger partial charge in [0.2, 0.25) is 8.32 Å². The van der Waals surface area contributed by atoms with Crippen LogP contribution in [0.15, 0.2) is 12.2 Å². The van der Waals surface area contributed by atoms with Gasteiger partial charge < -0.3 is 4.43 Å². The van der Waals surface area contributed by atoms with Crippen LogP contribution in [0, 0.1) is 5.41 Å². The SMILES string of the molecule is CC(C)[Si](OC1CC(=O)C=CCC1(C)C)(C(C)C)C(C)C. The monoisotopic (exact) mass is 310 g/mol. The Bertz CT molecular complexity index is 372. The van der Waals surface area contributed by atoms with Crippen LogP contribution in [0.3, 0.4) is 0 Å². The predicted octanol–water partition coefficient (Wildman–Crippen LogP) is 5.49. The molecule has 0 spiro atoms. The maximum Gasteiger partial charge on any atom is 0.200 e. The maximum absolute atomic E-state index is 12.0. The zero-order chi connectivity index (χ0) is 16.4. The van der Waals surface area contributed by atoms with Crippen molar-refractivity contribution in [2.45, 2.75) is 91.0 Å². The minimum Gasteiger partial charge on any atom is -0.412 e. The van der Waals surface area contributed by atoms with Gasteiger partial charge in [-0.25, -0.2) is 0 Å². The molecule has 1 aliphatic carbocycles. The van der Waals surface area contributed by atoms with Crippen molar-refractivity contribution in [3.8, 4) is 0 Å². The van der Waals surface area contributed by atoms with Gasteiger partial charge in [-0.2, -0.15) is 0 Å². The van der Waals surface area contributed by atoms with E-state index in [1.165, 1.54) is 0 Å². The molecule has 0 bridgehead atoms. The molecule has 0 saturated carbocycles. The predicted molar refractivity (Wildman–Crippen MR) is 93.1 cm³/mol. The zero-order valence-electron chi connectivity index (χ0n) is 15.2. The molecule has 0 aliphatic heterocycles. The lowest BCUT2D eigenvalue weighted by molar-refractivity contribution is -0.117. The van der Waals surface area contributed by atoms with Crippen LogP contribution in [0.1, 0.15) is 68.2 Å². The quantitative estimate of drug-likeness (QED) is 0.627. The molecule has 0 amide bonds. The third kappa shape index (κ3) is 3.87. The molecule has 0 aromatic heterocycles. The first-order chi connectivity index (χ1) is 9.54. The van der Waals surface area contributed by atoms with Gasteiger partial charge in [0, 0.05) is 6.42 Å². The van der Waals surface area contributed by atoms with Crippen LogP contribution in [-0.2, 0) is 9.22 Å². The van der Waals surface area contributed by atoms with Gasteiger partial charge in [-0.15, -0.1) is 0 Å². The lowest BCUT2D eigenvalue weighted by atomic mass is 9.83. The highest BCUT2D eigenvalue weighted by molar-refractivity contribution is 6.77. The van der Waals surface area contributed by atoms with Crippen molar-refractivity contribution < 1.29 is 9.22 Å². The van der Waals surface area contributed by atoms with E-state index in [4.69, 9.17) is 4.43 Å². The van der Waals surface area contributed by atoms with Gasteiger partial charge >= 0.3 is 0 Å². The van der Waals surface area contributed by atoms with Crippen LogP contribution in [0.4, 0.5) is 0 Å². The lowest BCUT2D eigenvalue weighted by Crippen LogP contribution is -2.53. The number of hydrogen-bond acceptors (Lipinski definition) is 2. The molecule has 0 heterocycles. The van der Waals surface area contributed by atoms with E-state index in [-0.39, 0.29) is 17.3 Å². The van der Waals surface area contributed by atoms with Crippen molar-refractivity contribution in [1.82, 2.24) is 0 Å². The van der Waals surface area contributed by atoms with Crippen molar-refractivity contribution in [1.29, 1.82) is 0 Å². The molecule has 0 fully saturated rings. The topological polar surface area (TPSA) is 26.3 Å². The second kappa shape index (κ2) is 6.78. The normalized spacial score (nSPS) is 23.2. The molecule has 1 atom stereocenters. The van der Waals surface area contributed by atoms with E-state index in [1.54, 1.807) is 6.08 Å².